The number of rotatable bonds is 14. The molecule has 0 bridgehead atoms. The van der Waals surface area contributed by atoms with E-state index < -0.39 is 24.0 Å². The number of likely N-dealkylation sites (tertiary alicyclic amines) is 1. The molecule has 0 saturated carbocycles. The Morgan fingerprint density at radius 3 is 2.30 bits per heavy atom. The molecule has 1 saturated heterocycles. The summed E-state index contributed by atoms with van der Waals surface area (Å²) in [7, 11) is 4.54. The highest BCUT2D eigenvalue weighted by molar-refractivity contribution is 5.86. The summed E-state index contributed by atoms with van der Waals surface area (Å²) in [5.41, 5.74) is 0.918. The van der Waals surface area contributed by atoms with E-state index in [0.717, 1.165) is 24.8 Å². The Balaban J connectivity index is 2.11. The summed E-state index contributed by atoms with van der Waals surface area (Å²) in [6, 6.07) is 8.44. The van der Waals surface area contributed by atoms with Gasteiger partial charge in [0.2, 0.25) is 11.8 Å². The molecule has 37 heavy (non-hydrogen) atoms. The first kappa shape index (κ1) is 30.8. The number of carbonyl (C=O) groups is 3. The number of esters is 1. The number of ether oxygens (including phenoxy) is 3. The highest BCUT2D eigenvalue weighted by Crippen LogP contribution is 2.29. The molecule has 8 heteroatoms. The van der Waals surface area contributed by atoms with Crippen LogP contribution in [0.1, 0.15) is 58.9 Å². The van der Waals surface area contributed by atoms with Gasteiger partial charge in [0.1, 0.15) is 6.04 Å². The Hall–Kier alpha value is -2.45. The van der Waals surface area contributed by atoms with E-state index in [2.05, 4.69) is 26.1 Å². The molecule has 1 aliphatic heterocycles. The second-order valence-electron chi connectivity index (χ2n) is 10.3. The first-order valence-electron chi connectivity index (χ1n) is 13.4. The van der Waals surface area contributed by atoms with Crippen molar-refractivity contribution in [2.45, 2.75) is 84.1 Å². The minimum absolute atomic E-state index is 0.0238. The fourth-order valence-electron chi connectivity index (χ4n) is 5.29. The maximum Gasteiger partial charge on any atom is 0.328 e. The fourth-order valence-corrected chi connectivity index (χ4v) is 5.29. The van der Waals surface area contributed by atoms with Gasteiger partial charge >= 0.3 is 5.97 Å². The van der Waals surface area contributed by atoms with Gasteiger partial charge in [-0.1, -0.05) is 64.4 Å². The number of benzene rings is 1. The molecule has 0 aliphatic carbocycles. The molecule has 208 valence electrons. The number of nitrogens with one attached hydrogen (secondary N) is 1. The Kier molecular flexibility index (Phi) is 12.5. The van der Waals surface area contributed by atoms with Crippen LogP contribution in [0.15, 0.2) is 30.3 Å². The molecule has 1 N–H and O–H groups in total. The Morgan fingerprint density at radius 1 is 1.05 bits per heavy atom. The van der Waals surface area contributed by atoms with Gasteiger partial charge in [0.25, 0.3) is 0 Å². The molecule has 1 aromatic carbocycles. The molecule has 2 rings (SSSR count). The van der Waals surface area contributed by atoms with Crippen LogP contribution in [0.25, 0.3) is 0 Å². The molecule has 7 atom stereocenters. The lowest BCUT2D eigenvalue weighted by atomic mass is 9.87. The standard InChI is InChI=1S/C29H46N2O6/c1-8-19(2)20(3)25(35-5)18-26(32)31-16-12-15-24(31)27(36-6)21(4)28(33)30-23(29(34)37-7)17-22-13-10-9-11-14-22/h9-11,13-14,19-21,23-25,27H,8,12,15-18H2,1-7H3,(H,30,33). The van der Waals surface area contributed by atoms with Crippen LogP contribution in [0.4, 0.5) is 0 Å². The molecule has 2 amide bonds. The normalized spacial score (nSPS) is 20.4. The number of methoxy groups -OCH3 is 3. The van der Waals surface area contributed by atoms with E-state index >= 15 is 0 Å². The van der Waals surface area contributed by atoms with Gasteiger partial charge in [-0.3, -0.25) is 9.59 Å². The average Bonchev–Trinajstić information content (AvgIpc) is 3.40. The van der Waals surface area contributed by atoms with Gasteiger partial charge in [-0.2, -0.15) is 0 Å². The highest BCUT2D eigenvalue weighted by atomic mass is 16.5. The summed E-state index contributed by atoms with van der Waals surface area (Å²) >= 11 is 0. The van der Waals surface area contributed by atoms with Gasteiger partial charge in [-0.05, 0) is 30.2 Å². The first-order valence-corrected chi connectivity index (χ1v) is 13.4. The number of hydrogen-bond donors (Lipinski definition) is 1. The minimum Gasteiger partial charge on any atom is -0.467 e. The summed E-state index contributed by atoms with van der Waals surface area (Å²) in [4.78, 5) is 41.0. The van der Waals surface area contributed by atoms with Crippen molar-refractivity contribution in [3.05, 3.63) is 35.9 Å². The van der Waals surface area contributed by atoms with Crippen molar-refractivity contribution in [1.82, 2.24) is 10.2 Å². The van der Waals surface area contributed by atoms with Crippen LogP contribution in [0.3, 0.4) is 0 Å². The molecule has 0 radical (unpaired) electrons. The first-order chi connectivity index (χ1) is 17.7. The average molecular weight is 519 g/mol. The van der Waals surface area contributed by atoms with E-state index in [9.17, 15) is 14.4 Å². The molecule has 8 nitrogen and oxygen atoms in total. The zero-order chi connectivity index (χ0) is 27.5. The molecule has 7 unspecified atom stereocenters. The molecule has 1 aromatic rings. The van der Waals surface area contributed by atoms with E-state index in [1.165, 1.54) is 7.11 Å². The third-order valence-electron chi connectivity index (χ3n) is 8.07. The molecule has 0 spiro atoms. The number of amides is 2. The van der Waals surface area contributed by atoms with Crippen LogP contribution in [0.5, 0.6) is 0 Å². The van der Waals surface area contributed by atoms with Gasteiger partial charge in [0.15, 0.2) is 0 Å². The lowest BCUT2D eigenvalue weighted by molar-refractivity contribution is -0.147. The number of hydrogen-bond acceptors (Lipinski definition) is 6. The van der Waals surface area contributed by atoms with Crippen LogP contribution in [-0.2, 0) is 35.0 Å². The topological polar surface area (TPSA) is 94.2 Å². The van der Waals surface area contributed by atoms with Crippen molar-refractivity contribution in [2.75, 3.05) is 27.9 Å². The van der Waals surface area contributed by atoms with Crippen LogP contribution >= 0.6 is 0 Å². The van der Waals surface area contributed by atoms with Crippen LogP contribution in [0.2, 0.25) is 0 Å². The van der Waals surface area contributed by atoms with Crippen molar-refractivity contribution >= 4 is 17.8 Å². The van der Waals surface area contributed by atoms with Crippen molar-refractivity contribution in [2.24, 2.45) is 17.8 Å². The molecule has 1 aliphatic rings. The summed E-state index contributed by atoms with van der Waals surface area (Å²) in [6.07, 6.45) is 2.59. The molecule has 1 heterocycles. The van der Waals surface area contributed by atoms with Crippen molar-refractivity contribution < 1.29 is 28.6 Å². The zero-order valence-electron chi connectivity index (χ0n) is 23.6. The second kappa shape index (κ2) is 15.1. The quantitative estimate of drug-likeness (QED) is 0.378. The van der Waals surface area contributed by atoms with E-state index in [-0.39, 0.29) is 29.9 Å². The van der Waals surface area contributed by atoms with Gasteiger partial charge in [-0.25, -0.2) is 4.79 Å². The highest BCUT2D eigenvalue weighted by Gasteiger charge is 2.41. The van der Waals surface area contributed by atoms with Crippen LogP contribution < -0.4 is 5.32 Å². The fraction of sp³-hybridized carbons (Fsp3) is 0.690. The maximum absolute atomic E-state index is 13.4. The number of carbonyl (C=O) groups excluding carboxylic acids is 3. The van der Waals surface area contributed by atoms with Gasteiger partial charge in [-0.15, -0.1) is 0 Å². The third-order valence-corrected chi connectivity index (χ3v) is 8.07. The number of nitrogens with zero attached hydrogens (tertiary/aromatic N) is 1. The molecule has 0 aromatic heterocycles. The van der Waals surface area contributed by atoms with Gasteiger partial charge in [0.05, 0.1) is 37.7 Å². The van der Waals surface area contributed by atoms with E-state index in [1.54, 1.807) is 21.1 Å². The largest absolute Gasteiger partial charge is 0.467 e. The predicted octanol–water partition coefficient (Wildman–Crippen LogP) is 3.62. The molecular weight excluding hydrogens is 472 g/mol. The second-order valence-corrected chi connectivity index (χ2v) is 10.3. The summed E-state index contributed by atoms with van der Waals surface area (Å²) in [6.45, 7) is 8.87. The zero-order valence-corrected chi connectivity index (χ0v) is 23.6. The Morgan fingerprint density at radius 2 is 1.73 bits per heavy atom. The van der Waals surface area contributed by atoms with Crippen molar-refractivity contribution in [3.8, 4) is 0 Å². The Bertz CT molecular complexity index is 863. The van der Waals surface area contributed by atoms with Crippen molar-refractivity contribution in [3.63, 3.8) is 0 Å². The van der Waals surface area contributed by atoms with Gasteiger partial charge < -0.3 is 24.4 Å². The lowest BCUT2D eigenvalue weighted by Gasteiger charge is -2.35. The Labute approximate surface area is 222 Å². The molecular formula is C29H46N2O6. The van der Waals surface area contributed by atoms with Crippen LogP contribution in [-0.4, -0.2) is 74.8 Å². The minimum atomic E-state index is -0.814. The summed E-state index contributed by atoms with van der Waals surface area (Å²) in [5.74, 6) is -0.669. The van der Waals surface area contributed by atoms with E-state index in [1.807, 2.05) is 35.2 Å². The predicted molar refractivity (Wildman–Crippen MR) is 143 cm³/mol. The van der Waals surface area contributed by atoms with Gasteiger partial charge in [0, 0.05) is 27.2 Å². The van der Waals surface area contributed by atoms with E-state index in [4.69, 9.17) is 14.2 Å². The lowest BCUT2D eigenvalue weighted by Crippen LogP contribution is -2.52. The SMILES string of the molecule is CCC(C)C(C)C(CC(=O)N1CCCC1C(OC)C(C)C(=O)NC(Cc1ccccc1)C(=O)OC)OC. The summed E-state index contributed by atoms with van der Waals surface area (Å²) in [5, 5.41) is 2.86. The summed E-state index contributed by atoms with van der Waals surface area (Å²) < 4.78 is 16.5. The van der Waals surface area contributed by atoms with Crippen molar-refractivity contribution in [1.29, 1.82) is 0 Å². The van der Waals surface area contributed by atoms with Crippen LogP contribution in [0, 0.1) is 17.8 Å². The monoisotopic (exact) mass is 518 g/mol. The maximum atomic E-state index is 13.4. The molecule has 1 fully saturated rings. The van der Waals surface area contributed by atoms with E-state index in [0.29, 0.717) is 25.3 Å². The third kappa shape index (κ3) is 8.27. The smallest absolute Gasteiger partial charge is 0.328 e.